The van der Waals surface area contributed by atoms with Gasteiger partial charge in [0, 0.05) is 31.8 Å². The second kappa shape index (κ2) is 6.49. The predicted octanol–water partition coefficient (Wildman–Crippen LogP) is 3.21. The molecule has 1 amide bonds. The lowest BCUT2D eigenvalue weighted by atomic mass is 10.0. The van der Waals surface area contributed by atoms with Crippen molar-refractivity contribution in [1.82, 2.24) is 4.90 Å². The minimum atomic E-state index is -0.435. The molecule has 0 aromatic rings. The molecule has 0 aromatic carbocycles. The van der Waals surface area contributed by atoms with Gasteiger partial charge in [-0.3, -0.25) is 0 Å². The van der Waals surface area contributed by atoms with Crippen molar-refractivity contribution in [2.75, 3.05) is 13.1 Å². The Kier molecular flexibility index (Phi) is 5.27. The topological polar surface area (TPSA) is 29.5 Å². The van der Waals surface area contributed by atoms with Crippen molar-refractivity contribution in [3.8, 4) is 11.8 Å². The smallest absolute Gasteiger partial charge is 0.410 e. The largest absolute Gasteiger partial charge is 0.444 e. The van der Waals surface area contributed by atoms with Gasteiger partial charge in [-0.25, -0.2) is 4.79 Å². The van der Waals surface area contributed by atoms with Crippen molar-refractivity contribution >= 4 is 6.09 Å². The summed E-state index contributed by atoms with van der Waals surface area (Å²) in [5, 5.41) is 0. The molecule has 0 aliphatic carbocycles. The molecule has 0 aromatic heterocycles. The van der Waals surface area contributed by atoms with E-state index in [1.807, 2.05) is 33.8 Å². The van der Waals surface area contributed by atoms with Crippen molar-refractivity contribution in [3.05, 3.63) is 12.2 Å². The summed E-state index contributed by atoms with van der Waals surface area (Å²) in [6.07, 6.45) is 5.62. The van der Waals surface area contributed by atoms with Crippen molar-refractivity contribution in [2.45, 2.75) is 46.1 Å². The third-order valence-electron chi connectivity index (χ3n) is 2.51. The first kappa shape index (κ1) is 14.6. The molecule has 0 bridgehead atoms. The number of rotatable bonds is 1. The molecule has 0 fully saturated rings. The molecule has 0 spiro atoms. The quantitative estimate of drug-likeness (QED) is 0.527. The summed E-state index contributed by atoms with van der Waals surface area (Å²) >= 11 is 0. The van der Waals surface area contributed by atoms with Crippen molar-refractivity contribution in [1.29, 1.82) is 0 Å². The van der Waals surface area contributed by atoms with Crippen LogP contribution in [0, 0.1) is 17.8 Å². The summed E-state index contributed by atoms with van der Waals surface area (Å²) in [6, 6.07) is 0. The lowest BCUT2D eigenvalue weighted by Crippen LogP contribution is -2.41. The fourth-order valence-corrected chi connectivity index (χ4v) is 1.74. The first-order chi connectivity index (χ1) is 8.42. The maximum absolute atomic E-state index is 11.9. The Balaban J connectivity index is 2.50. The van der Waals surface area contributed by atoms with Crippen LogP contribution in [-0.4, -0.2) is 29.7 Å². The van der Waals surface area contributed by atoms with Crippen molar-refractivity contribution < 1.29 is 9.53 Å². The van der Waals surface area contributed by atoms with Crippen molar-refractivity contribution in [2.24, 2.45) is 5.92 Å². The average Bonchev–Trinajstić information content (AvgIpc) is 2.27. The fourth-order valence-electron chi connectivity index (χ4n) is 1.74. The number of carbonyl (C=O) groups is 1. The molecular formula is C15H23NO2. The summed E-state index contributed by atoms with van der Waals surface area (Å²) in [5.41, 5.74) is -0.435. The van der Waals surface area contributed by atoms with E-state index in [2.05, 4.69) is 17.9 Å². The monoisotopic (exact) mass is 249 g/mol. The average molecular weight is 249 g/mol. The summed E-state index contributed by atoms with van der Waals surface area (Å²) in [6.45, 7) is 9.02. The summed E-state index contributed by atoms with van der Waals surface area (Å²) in [4.78, 5) is 13.7. The molecule has 1 rings (SSSR count). The highest BCUT2D eigenvalue weighted by Gasteiger charge is 2.24. The van der Waals surface area contributed by atoms with Crippen molar-refractivity contribution in [3.63, 3.8) is 0 Å². The van der Waals surface area contributed by atoms with Crippen LogP contribution in [0.4, 0.5) is 4.79 Å². The summed E-state index contributed by atoms with van der Waals surface area (Å²) < 4.78 is 5.37. The van der Waals surface area contributed by atoms with Gasteiger partial charge in [-0.1, -0.05) is 19.1 Å². The highest BCUT2D eigenvalue weighted by Crippen LogP contribution is 2.16. The number of nitrogens with zero attached hydrogens (tertiary/aromatic N) is 1. The number of hydrogen-bond acceptors (Lipinski definition) is 2. The van der Waals surface area contributed by atoms with Gasteiger partial charge in [0.2, 0.25) is 0 Å². The minimum absolute atomic E-state index is 0.236. The lowest BCUT2D eigenvalue weighted by Gasteiger charge is -2.30. The van der Waals surface area contributed by atoms with Crippen LogP contribution >= 0.6 is 0 Å². The van der Waals surface area contributed by atoms with E-state index < -0.39 is 5.60 Å². The standard InChI is InChI=1S/C15H23NO2/c1-5-6-7-9-13-10-8-11-16(12-13)14(17)18-15(2,3)4/h8,10,13H,5,9,11-12H2,1-4H3. The second-order valence-corrected chi connectivity index (χ2v) is 5.48. The van der Waals surface area contributed by atoms with E-state index in [9.17, 15) is 4.79 Å². The molecular weight excluding hydrogens is 226 g/mol. The zero-order valence-corrected chi connectivity index (χ0v) is 11.8. The Bertz CT molecular complexity index is 368. The van der Waals surface area contributed by atoms with Gasteiger partial charge in [0.15, 0.2) is 0 Å². The Morgan fingerprint density at radius 2 is 2.17 bits per heavy atom. The normalized spacial score (nSPS) is 19.1. The molecule has 100 valence electrons. The molecule has 1 aliphatic rings. The third-order valence-corrected chi connectivity index (χ3v) is 2.51. The molecule has 0 N–H and O–H groups in total. The Hall–Kier alpha value is -1.43. The van der Waals surface area contributed by atoms with E-state index in [1.54, 1.807) is 4.90 Å². The maximum atomic E-state index is 11.9. The molecule has 3 heteroatoms. The zero-order chi connectivity index (χ0) is 13.6. The van der Waals surface area contributed by atoms with Gasteiger partial charge in [0.25, 0.3) is 0 Å². The van der Waals surface area contributed by atoms with Crippen LogP contribution in [-0.2, 0) is 4.74 Å². The predicted molar refractivity (Wildman–Crippen MR) is 73.1 cm³/mol. The first-order valence-electron chi connectivity index (χ1n) is 6.52. The Morgan fingerprint density at radius 1 is 1.44 bits per heavy atom. The molecule has 0 radical (unpaired) electrons. The molecule has 1 aliphatic heterocycles. The maximum Gasteiger partial charge on any atom is 0.410 e. The molecule has 0 saturated carbocycles. The molecule has 1 unspecified atom stereocenters. The Labute approximate surface area is 110 Å². The van der Waals surface area contributed by atoms with Gasteiger partial charge in [-0.2, -0.15) is 0 Å². The summed E-state index contributed by atoms with van der Waals surface area (Å²) in [7, 11) is 0. The highest BCUT2D eigenvalue weighted by atomic mass is 16.6. The first-order valence-corrected chi connectivity index (χ1v) is 6.52. The van der Waals surface area contributed by atoms with Gasteiger partial charge in [-0.15, -0.1) is 11.8 Å². The summed E-state index contributed by atoms with van der Waals surface area (Å²) in [5.74, 6) is 6.52. The van der Waals surface area contributed by atoms with E-state index >= 15 is 0 Å². The van der Waals surface area contributed by atoms with Gasteiger partial charge < -0.3 is 9.64 Å². The molecule has 1 atom stereocenters. The molecule has 18 heavy (non-hydrogen) atoms. The molecule has 0 saturated heterocycles. The molecule has 1 heterocycles. The van der Waals surface area contributed by atoms with Crippen LogP contribution in [0.15, 0.2) is 12.2 Å². The minimum Gasteiger partial charge on any atom is -0.444 e. The van der Waals surface area contributed by atoms with Gasteiger partial charge in [0.1, 0.15) is 5.60 Å². The third kappa shape index (κ3) is 5.27. The highest BCUT2D eigenvalue weighted by molar-refractivity contribution is 5.68. The number of hydrogen-bond donors (Lipinski definition) is 0. The Morgan fingerprint density at radius 3 is 2.78 bits per heavy atom. The van der Waals surface area contributed by atoms with E-state index in [0.29, 0.717) is 19.0 Å². The second-order valence-electron chi connectivity index (χ2n) is 5.48. The van der Waals surface area contributed by atoms with Crippen LogP contribution in [0.3, 0.4) is 0 Å². The molecule has 3 nitrogen and oxygen atoms in total. The van der Waals surface area contributed by atoms with Crippen LogP contribution in [0.2, 0.25) is 0 Å². The van der Waals surface area contributed by atoms with Gasteiger partial charge in [-0.05, 0) is 20.8 Å². The van der Waals surface area contributed by atoms with Crippen LogP contribution in [0.5, 0.6) is 0 Å². The van der Waals surface area contributed by atoms with E-state index in [-0.39, 0.29) is 6.09 Å². The SMILES string of the molecule is CCC#CCC1C=CCN(C(=O)OC(C)(C)C)C1. The van der Waals surface area contributed by atoms with E-state index in [1.165, 1.54) is 0 Å². The lowest BCUT2D eigenvalue weighted by molar-refractivity contribution is 0.0245. The fraction of sp³-hybridized carbons (Fsp3) is 0.667. The number of ether oxygens (including phenoxy) is 1. The van der Waals surface area contributed by atoms with Gasteiger partial charge >= 0.3 is 6.09 Å². The van der Waals surface area contributed by atoms with E-state index in [0.717, 1.165) is 12.8 Å². The van der Waals surface area contributed by atoms with Crippen LogP contribution in [0.25, 0.3) is 0 Å². The van der Waals surface area contributed by atoms with Gasteiger partial charge in [0.05, 0.1) is 0 Å². The van der Waals surface area contributed by atoms with Crippen LogP contribution in [0.1, 0.15) is 40.5 Å². The zero-order valence-electron chi connectivity index (χ0n) is 11.8. The van der Waals surface area contributed by atoms with Crippen LogP contribution < -0.4 is 0 Å². The number of carbonyl (C=O) groups excluding carboxylic acids is 1. The number of amides is 1. The van der Waals surface area contributed by atoms with E-state index in [4.69, 9.17) is 4.74 Å².